The molecule has 0 saturated carbocycles. The molecule has 0 heterocycles. The number of hydrogen-bond donors (Lipinski definition) is 0. The van der Waals surface area contributed by atoms with Crippen molar-refractivity contribution in [1.82, 2.24) is 0 Å². The Labute approximate surface area is 419 Å². The summed E-state index contributed by atoms with van der Waals surface area (Å²) in [6, 6.07) is 3.48. The quantitative estimate of drug-likeness (QED) is 0.0943. The van der Waals surface area contributed by atoms with E-state index in [-0.39, 0.29) is 56.6 Å². The molecule has 0 aromatic heterocycles. The van der Waals surface area contributed by atoms with Crippen LogP contribution in [0.2, 0.25) is 77.6 Å². The van der Waals surface area contributed by atoms with Crippen molar-refractivity contribution in [3.8, 4) is 11.6 Å². The second-order valence-corrected chi connectivity index (χ2v) is 35.2. The average molecular weight is 784 g/mol. The minimum Gasteiger partial charge on any atom is -0.658 e. The van der Waals surface area contributed by atoms with Crippen LogP contribution in [0.5, 0.6) is 0 Å². The van der Waals surface area contributed by atoms with Gasteiger partial charge in [-0.05, 0) is 123 Å². The van der Waals surface area contributed by atoms with Gasteiger partial charge in [0.15, 0.2) is 33.3 Å². The first kappa shape index (κ1) is 80.7. The maximum absolute atomic E-state index is 6.20. The van der Waals surface area contributed by atoms with E-state index in [1.165, 1.54) is 32.7 Å². The van der Waals surface area contributed by atoms with Gasteiger partial charge in [-0.2, -0.15) is 25.3 Å². The van der Waals surface area contributed by atoms with Crippen LogP contribution in [0.15, 0.2) is 0 Å². The molecule has 0 bridgehead atoms. The van der Waals surface area contributed by atoms with E-state index >= 15 is 0 Å². The summed E-state index contributed by atoms with van der Waals surface area (Å²) in [6.07, 6.45) is -0.118. The molecule has 0 aliphatic heterocycles. The molecule has 0 aliphatic rings. The molecule has 0 aliphatic carbocycles. The fourth-order valence-corrected chi connectivity index (χ4v) is 18.4. The van der Waals surface area contributed by atoms with E-state index in [1.807, 2.05) is 0 Å². The molecule has 0 rings (SSSR count). The SMILES string of the molecule is CC(C)[N-]C(C)C.CCC.CC[Si](C)(C)O[Si](C)(C)CC.C[Si](C)(C)O[Si](C)(C)C.[B]B([B])C#CB(B([B])[B])B([B])[B].[B][B]B([B])[C-](B([B])[B])B([B])[B][CH2-].[Li+].[Li+].[Li+]. The van der Waals surface area contributed by atoms with Crippen LogP contribution < -0.4 is 56.6 Å². The van der Waals surface area contributed by atoms with Gasteiger partial charge in [0.25, 0.3) is 0 Å². The van der Waals surface area contributed by atoms with Crippen molar-refractivity contribution >= 4 is 178 Å². The number of hydrogen-bond acceptors (Lipinski definition) is 2. The maximum Gasteiger partial charge on any atom is 1.00 e. The van der Waals surface area contributed by atoms with Gasteiger partial charge in [0.2, 0.25) is 0 Å². The van der Waals surface area contributed by atoms with Crippen LogP contribution in [0.4, 0.5) is 0 Å². The third kappa shape index (κ3) is 66.1. The number of nitrogens with zero attached hydrogens (tertiary/aromatic N) is 1. The third-order valence-electron chi connectivity index (χ3n) is 6.33. The summed E-state index contributed by atoms with van der Waals surface area (Å²) >= 11 is 0. The van der Waals surface area contributed by atoms with Crippen LogP contribution in [0, 0.1) is 24.1 Å². The molecule has 0 atom stereocenters. The second-order valence-electron chi connectivity index (χ2n) is 16.7. The molecule has 0 N–H and O–H groups in total. The van der Waals surface area contributed by atoms with E-state index < -0.39 is 78.5 Å². The van der Waals surface area contributed by atoms with Crippen LogP contribution in [0.1, 0.15) is 61.8 Å². The fourth-order valence-electron chi connectivity index (χ4n) is 3.96. The van der Waals surface area contributed by atoms with Crippen LogP contribution in [0.25, 0.3) is 5.32 Å². The van der Waals surface area contributed by atoms with Crippen molar-refractivity contribution in [3.05, 3.63) is 17.8 Å². The van der Waals surface area contributed by atoms with Gasteiger partial charge < -0.3 is 26.0 Å². The van der Waals surface area contributed by atoms with Crippen LogP contribution in [-0.2, 0) is 8.23 Å². The fraction of sp³-hybridized carbons (Fsp3) is 0.852. The van der Waals surface area contributed by atoms with E-state index in [0.29, 0.717) is 17.7 Å². The Hall–Kier alpha value is 3.40. The van der Waals surface area contributed by atoms with Gasteiger partial charge in [-0.1, -0.05) is 61.8 Å². The molecule has 0 unspecified atom stereocenters. The van der Waals surface area contributed by atoms with Gasteiger partial charge >= 0.3 is 56.6 Å². The van der Waals surface area contributed by atoms with Crippen molar-refractivity contribution in [1.29, 1.82) is 0 Å². The summed E-state index contributed by atoms with van der Waals surface area (Å²) in [7, 11) is 56.9. The summed E-state index contributed by atoms with van der Waals surface area (Å²) in [4.78, 5) is 0. The molecule has 24 radical (unpaired) electrons. The zero-order chi connectivity index (χ0) is 44.8. The molecule has 30 heteroatoms. The van der Waals surface area contributed by atoms with Crippen LogP contribution in [0.3, 0.4) is 0 Å². The molecule has 3 nitrogen and oxygen atoms in total. The zero-order valence-corrected chi connectivity index (χ0v) is 45.3. The van der Waals surface area contributed by atoms with Gasteiger partial charge in [-0.25, -0.2) is 0 Å². The summed E-state index contributed by atoms with van der Waals surface area (Å²) in [5.41, 5.74) is 0.576. The molecule has 0 aromatic rings. The Morgan fingerprint density at radius 3 is 1.07 bits per heavy atom. The molecular formula is C27H64B20Li3NO2Si4. The van der Waals surface area contributed by atoms with Crippen molar-refractivity contribution in [2.75, 3.05) is 0 Å². The zero-order valence-electron chi connectivity index (χ0n) is 41.3. The van der Waals surface area contributed by atoms with Gasteiger partial charge in [0, 0.05) is 59.2 Å². The van der Waals surface area contributed by atoms with Crippen molar-refractivity contribution in [3.63, 3.8) is 0 Å². The second kappa shape index (κ2) is 44.6. The maximum atomic E-state index is 6.20. The summed E-state index contributed by atoms with van der Waals surface area (Å²) in [5.74, 6) is 5.11. The van der Waals surface area contributed by atoms with Crippen molar-refractivity contribution < 1.29 is 64.8 Å². The molecule has 268 valence electrons. The van der Waals surface area contributed by atoms with E-state index in [2.05, 4.69) is 145 Å². The smallest absolute Gasteiger partial charge is 0.658 e. The van der Waals surface area contributed by atoms with Gasteiger partial charge in [0.05, 0.1) is 0 Å². The van der Waals surface area contributed by atoms with Crippen molar-refractivity contribution in [2.45, 2.75) is 151 Å². The van der Waals surface area contributed by atoms with E-state index in [9.17, 15) is 0 Å². The predicted octanol–water partition coefficient (Wildman–Crippen LogP) is -6.47. The third-order valence-corrected chi connectivity index (χ3v) is 19.1. The Bertz CT molecular complexity index is 873. The van der Waals surface area contributed by atoms with Crippen molar-refractivity contribution in [2.24, 2.45) is 0 Å². The Kier molecular flexibility index (Phi) is 63.1. The largest absolute Gasteiger partial charge is 1.00 e. The Balaban J connectivity index is -0.0000000706. The molecule has 0 fully saturated rings. The molecule has 0 saturated heterocycles. The van der Waals surface area contributed by atoms with E-state index in [4.69, 9.17) is 93.3 Å². The normalized spacial score (nSPS) is 10.1. The first-order valence-electron chi connectivity index (χ1n) is 19.3. The number of rotatable bonds is 15. The van der Waals surface area contributed by atoms with Crippen LogP contribution >= 0.6 is 0 Å². The minimum absolute atomic E-state index is 0. The summed E-state index contributed by atoms with van der Waals surface area (Å²) in [5, 5.41) is 4.28. The monoisotopic (exact) mass is 788 g/mol. The van der Waals surface area contributed by atoms with E-state index in [0.717, 1.165) is 0 Å². The minimum atomic E-state index is -1.27. The molecule has 0 spiro atoms. The summed E-state index contributed by atoms with van der Waals surface area (Å²) in [6.45, 7) is 40.6. The first-order valence-corrected chi connectivity index (χ1v) is 32.3. The van der Waals surface area contributed by atoms with Gasteiger partial charge in [-0.15, -0.1) is 25.1 Å². The predicted molar refractivity (Wildman–Crippen MR) is 286 cm³/mol. The molecular weight excluding hydrogens is 720 g/mol. The summed E-state index contributed by atoms with van der Waals surface area (Å²) < 4.78 is 12.1. The van der Waals surface area contributed by atoms with Gasteiger partial charge in [0.1, 0.15) is 13.0 Å². The van der Waals surface area contributed by atoms with Crippen LogP contribution in [-0.4, -0.2) is 190 Å². The van der Waals surface area contributed by atoms with E-state index in [1.54, 1.807) is 0 Å². The molecule has 57 heavy (non-hydrogen) atoms. The van der Waals surface area contributed by atoms with Gasteiger partial charge in [-0.3, -0.25) is 0 Å². The first-order chi connectivity index (χ1) is 24.1. The molecule has 0 aromatic carbocycles. The average Bonchev–Trinajstić information content (AvgIpc) is 2.95. The Morgan fingerprint density at radius 1 is 0.614 bits per heavy atom. The Morgan fingerprint density at radius 2 is 0.930 bits per heavy atom. The topological polar surface area (TPSA) is 32.6 Å². The standard InChI is InChI=1S/C8H22OSi2.C6H14N.C6H18OSi2.C3H8.C2H2B10.C2B10.3Li/c1-7-10(3,4)9-11(5,6)8-2;1-5(2)7-6(3)4;1-8(2,3)7-9(4,5)6;1-3-2;1-8-11(6)2(10(4)5)12(7)9-3;3-9(4)1-2-10(11(5)6)12(7)8;;;/h7-8H2,1-6H3;5-6H,1-4H3;1-6H3;3H2,1-2H3;1H2;;;;/q;-1;;;-2;;3*+1. The molecule has 0 amide bonds.